The van der Waals surface area contributed by atoms with E-state index in [-0.39, 0.29) is 12.5 Å². The van der Waals surface area contributed by atoms with Crippen LogP contribution in [0.1, 0.15) is 45.7 Å². The summed E-state index contributed by atoms with van der Waals surface area (Å²) in [6.07, 6.45) is 1.72. The number of aromatic nitrogens is 1. The molecular formula is C17H24N2O4. The third-order valence-electron chi connectivity index (χ3n) is 3.59. The largest absolute Gasteiger partial charge is 0.464 e. The molecule has 0 aliphatic carbocycles. The van der Waals surface area contributed by atoms with E-state index < -0.39 is 23.7 Å². The molecule has 0 bridgehead atoms. The Labute approximate surface area is 136 Å². The van der Waals surface area contributed by atoms with Crippen LogP contribution in [0.2, 0.25) is 0 Å². The molecule has 0 N–H and O–H groups in total. The Balaban J connectivity index is 2.19. The molecule has 0 saturated carbocycles. The lowest BCUT2D eigenvalue weighted by Crippen LogP contribution is -2.44. The van der Waals surface area contributed by atoms with Crippen molar-refractivity contribution in [2.24, 2.45) is 0 Å². The van der Waals surface area contributed by atoms with Crippen molar-refractivity contribution < 1.29 is 19.1 Å². The SMILES string of the molecule is CCOC(=O)[C@@H]1C[C@@H](c2ccccn2)CN1C(=O)OC(C)(C)C. The average molecular weight is 320 g/mol. The second kappa shape index (κ2) is 6.98. The molecule has 0 spiro atoms. The highest BCUT2D eigenvalue weighted by atomic mass is 16.6. The Morgan fingerprint density at radius 3 is 2.65 bits per heavy atom. The van der Waals surface area contributed by atoms with Crippen LogP contribution in [0.3, 0.4) is 0 Å². The average Bonchev–Trinajstić information content (AvgIpc) is 2.92. The third kappa shape index (κ3) is 4.43. The lowest BCUT2D eigenvalue weighted by molar-refractivity contribution is -0.148. The van der Waals surface area contributed by atoms with Gasteiger partial charge in [0, 0.05) is 24.4 Å². The first kappa shape index (κ1) is 17.2. The van der Waals surface area contributed by atoms with E-state index in [1.165, 1.54) is 4.90 Å². The monoisotopic (exact) mass is 320 g/mol. The molecular weight excluding hydrogens is 296 g/mol. The fourth-order valence-corrected chi connectivity index (χ4v) is 2.65. The summed E-state index contributed by atoms with van der Waals surface area (Å²) in [4.78, 5) is 30.4. The van der Waals surface area contributed by atoms with Crippen LogP contribution in [0, 0.1) is 0 Å². The summed E-state index contributed by atoms with van der Waals surface area (Å²) in [7, 11) is 0. The lowest BCUT2D eigenvalue weighted by Gasteiger charge is -2.27. The fraction of sp³-hybridized carbons (Fsp3) is 0.588. The first-order valence-corrected chi connectivity index (χ1v) is 7.89. The number of pyridine rings is 1. The van der Waals surface area contributed by atoms with Gasteiger partial charge in [0.2, 0.25) is 0 Å². The van der Waals surface area contributed by atoms with E-state index in [0.717, 1.165) is 5.69 Å². The van der Waals surface area contributed by atoms with Crippen molar-refractivity contribution in [3.8, 4) is 0 Å². The molecule has 2 rings (SSSR count). The minimum atomic E-state index is -0.628. The Kier molecular flexibility index (Phi) is 5.23. The molecule has 2 heterocycles. The summed E-state index contributed by atoms with van der Waals surface area (Å²) >= 11 is 0. The summed E-state index contributed by atoms with van der Waals surface area (Å²) in [5.41, 5.74) is 0.257. The minimum Gasteiger partial charge on any atom is -0.464 e. The normalized spacial score (nSPS) is 21.1. The van der Waals surface area contributed by atoms with Gasteiger partial charge in [-0.05, 0) is 46.2 Å². The van der Waals surface area contributed by atoms with Crippen LogP contribution in [-0.4, -0.2) is 46.7 Å². The highest BCUT2D eigenvalue weighted by Crippen LogP contribution is 2.32. The Bertz CT molecular complexity index is 553. The van der Waals surface area contributed by atoms with Gasteiger partial charge in [-0.25, -0.2) is 9.59 Å². The molecule has 1 aromatic rings. The van der Waals surface area contributed by atoms with Crippen LogP contribution >= 0.6 is 0 Å². The lowest BCUT2D eigenvalue weighted by atomic mass is 10.0. The van der Waals surface area contributed by atoms with Crippen LogP contribution < -0.4 is 0 Å². The van der Waals surface area contributed by atoms with Crippen molar-refractivity contribution in [1.82, 2.24) is 9.88 Å². The summed E-state index contributed by atoms with van der Waals surface area (Å²) in [5.74, 6) is -0.394. The molecule has 1 fully saturated rings. The first-order valence-electron chi connectivity index (χ1n) is 7.89. The number of carbonyl (C=O) groups excluding carboxylic acids is 2. The van der Waals surface area contributed by atoms with Gasteiger partial charge < -0.3 is 9.47 Å². The Morgan fingerprint density at radius 2 is 2.09 bits per heavy atom. The van der Waals surface area contributed by atoms with Gasteiger partial charge in [0.25, 0.3) is 0 Å². The van der Waals surface area contributed by atoms with E-state index in [0.29, 0.717) is 13.0 Å². The molecule has 126 valence electrons. The number of carbonyl (C=O) groups is 2. The molecule has 6 nitrogen and oxygen atoms in total. The van der Waals surface area contributed by atoms with E-state index >= 15 is 0 Å². The standard InChI is InChI=1S/C17H24N2O4/c1-5-22-15(20)14-10-12(13-8-6-7-9-18-13)11-19(14)16(21)23-17(2,3)4/h6-9,12,14H,5,10-11H2,1-4H3/t12-,14+/m1/s1. The van der Waals surface area contributed by atoms with Gasteiger partial charge in [-0.1, -0.05) is 6.07 Å². The van der Waals surface area contributed by atoms with Crippen molar-refractivity contribution >= 4 is 12.1 Å². The van der Waals surface area contributed by atoms with Crippen LogP contribution in [0.5, 0.6) is 0 Å². The maximum Gasteiger partial charge on any atom is 0.411 e. The molecule has 1 amide bonds. The number of esters is 1. The number of amides is 1. The molecule has 6 heteroatoms. The van der Waals surface area contributed by atoms with E-state index in [1.807, 2.05) is 18.2 Å². The number of rotatable bonds is 3. The van der Waals surface area contributed by atoms with Crippen LogP contribution in [0.25, 0.3) is 0 Å². The van der Waals surface area contributed by atoms with Gasteiger partial charge >= 0.3 is 12.1 Å². The van der Waals surface area contributed by atoms with Crippen LogP contribution in [0.4, 0.5) is 4.79 Å². The van der Waals surface area contributed by atoms with Crippen molar-refractivity contribution in [2.75, 3.05) is 13.2 Å². The van der Waals surface area contributed by atoms with E-state index in [2.05, 4.69) is 4.98 Å². The topological polar surface area (TPSA) is 68.7 Å². The van der Waals surface area contributed by atoms with Gasteiger partial charge in [0.05, 0.1) is 6.61 Å². The van der Waals surface area contributed by atoms with Crippen LogP contribution in [0.15, 0.2) is 24.4 Å². The number of likely N-dealkylation sites (tertiary alicyclic amines) is 1. The summed E-state index contributed by atoms with van der Waals surface area (Å²) in [5, 5.41) is 0. The highest BCUT2D eigenvalue weighted by molar-refractivity contribution is 5.82. The smallest absolute Gasteiger partial charge is 0.411 e. The summed E-state index contributed by atoms with van der Waals surface area (Å²) in [6.45, 7) is 7.84. The van der Waals surface area contributed by atoms with Crippen molar-refractivity contribution in [3.05, 3.63) is 30.1 Å². The Hall–Kier alpha value is -2.11. The maximum atomic E-state index is 12.4. The third-order valence-corrected chi connectivity index (χ3v) is 3.59. The van der Waals surface area contributed by atoms with E-state index in [9.17, 15) is 9.59 Å². The predicted molar refractivity (Wildman–Crippen MR) is 85.0 cm³/mol. The number of ether oxygens (including phenoxy) is 2. The molecule has 1 saturated heterocycles. The second-order valence-corrected chi connectivity index (χ2v) is 6.59. The number of nitrogens with zero attached hydrogens (tertiary/aromatic N) is 2. The highest BCUT2D eigenvalue weighted by Gasteiger charge is 2.43. The van der Waals surface area contributed by atoms with Gasteiger partial charge in [0.15, 0.2) is 0 Å². The van der Waals surface area contributed by atoms with E-state index in [4.69, 9.17) is 9.47 Å². The fourth-order valence-electron chi connectivity index (χ4n) is 2.65. The second-order valence-electron chi connectivity index (χ2n) is 6.59. The molecule has 23 heavy (non-hydrogen) atoms. The van der Waals surface area contributed by atoms with Crippen molar-refractivity contribution in [1.29, 1.82) is 0 Å². The molecule has 0 aromatic carbocycles. The zero-order valence-corrected chi connectivity index (χ0v) is 14.1. The first-order chi connectivity index (χ1) is 10.8. The summed E-state index contributed by atoms with van der Waals surface area (Å²) < 4.78 is 10.5. The molecule has 1 aliphatic rings. The maximum absolute atomic E-state index is 12.4. The summed E-state index contributed by atoms with van der Waals surface area (Å²) in [6, 6.07) is 5.02. The molecule has 2 atom stereocenters. The molecule has 0 unspecified atom stereocenters. The Morgan fingerprint density at radius 1 is 1.35 bits per heavy atom. The zero-order valence-electron chi connectivity index (χ0n) is 14.1. The number of hydrogen-bond donors (Lipinski definition) is 0. The van der Waals surface area contributed by atoms with Gasteiger partial charge in [-0.15, -0.1) is 0 Å². The number of hydrogen-bond acceptors (Lipinski definition) is 5. The van der Waals surface area contributed by atoms with Gasteiger partial charge in [-0.2, -0.15) is 0 Å². The van der Waals surface area contributed by atoms with Crippen molar-refractivity contribution in [3.63, 3.8) is 0 Å². The van der Waals surface area contributed by atoms with Gasteiger partial charge in [-0.3, -0.25) is 9.88 Å². The minimum absolute atomic E-state index is 0.00174. The molecule has 1 aliphatic heterocycles. The zero-order chi connectivity index (χ0) is 17.0. The van der Waals surface area contributed by atoms with Gasteiger partial charge in [0.1, 0.15) is 11.6 Å². The van der Waals surface area contributed by atoms with Crippen LogP contribution in [-0.2, 0) is 14.3 Å². The molecule has 1 aromatic heterocycles. The van der Waals surface area contributed by atoms with E-state index in [1.54, 1.807) is 33.9 Å². The predicted octanol–water partition coefficient (Wildman–Crippen LogP) is 2.74. The quantitative estimate of drug-likeness (QED) is 0.801. The van der Waals surface area contributed by atoms with Crippen molar-refractivity contribution in [2.45, 2.75) is 51.7 Å². The molecule has 0 radical (unpaired) electrons.